The van der Waals surface area contributed by atoms with E-state index in [-0.39, 0.29) is 31.0 Å². The van der Waals surface area contributed by atoms with Crippen LogP contribution < -0.4 is 5.32 Å². The number of anilines is 1. The highest BCUT2D eigenvalue weighted by Gasteiger charge is 2.34. The number of aliphatic hydroxyl groups is 1. The largest absolute Gasteiger partial charge is 0.466 e. The Kier molecular flexibility index (Phi) is 5.69. The monoisotopic (exact) mass is 410 g/mol. The van der Waals surface area contributed by atoms with Gasteiger partial charge in [0.25, 0.3) is 5.91 Å². The Labute approximate surface area is 164 Å². The van der Waals surface area contributed by atoms with E-state index in [1.807, 2.05) is 0 Å². The van der Waals surface area contributed by atoms with Crippen molar-refractivity contribution >= 4 is 40.8 Å². The molecule has 0 saturated carbocycles. The highest BCUT2D eigenvalue weighted by atomic mass is 35.5. The van der Waals surface area contributed by atoms with E-state index < -0.39 is 11.9 Å². The van der Waals surface area contributed by atoms with E-state index in [0.29, 0.717) is 21.4 Å². The first kappa shape index (κ1) is 19.2. The van der Waals surface area contributed by atoms with Gasteiger partial charge >= 0.3 is 5.97 Å². The molecule has 8 nitrogen and oxygen atoms in total. The first-order valence-electron chi connectivity index (χ1n) is 7.93. The van der Waals surface area contributed by atoms with Crippen molar-refractivity contribution in [3.05, 3.63) is 51.9 Å². The summed E-state index contributed by atoms with van der Waals surface area (Å²) in [4.78, 5) is 25.9. The predicted molar refractivity (Wildman–Crippen MR) is 99.9 cm³/mol. The van der Waals surface area contributed by atoms with Crippen LogP contribution in [0, 0.1) is 0 Å². The van der Waals surface area contributed by atoms with Crippen molar-refractivity contribution in [3.63, 3.8) is 0 Å². The van der Waals surface area contributed by atoms with E-state index in [0.717, 1.165) is 0 Å². The highest BCUT2D eigenvalue weighted by molar-refractivity contribution is 6.33. The zero-order valence-electron chi connectivity index (χ0n) is 14.3. The molecule has 0 bridgehead atoms. The van der Waals surface area contributed by atoms with Crippen molar-refractivity contribution in [2.24, 2.45) is 0 Å². The van der Waals surface area contributed by atoms with E-state index in [1.165, 1.54) is 22.9 Å². The molecule has 1 aromatic heterocycles. The van der Waals surface area contributed by atoms with Gasteiger partial charge in [-0.25, -0.2) is 9.48 Å². The number of nitrogens with zero attached hydrogens (tertiary/aromatic N) is 3. The second-order valence-electron chi connectivity index (χ2n) is 5.69. The molecule has 0 saturated heterocycles. The lowest BCUT2D eigenvalue weighted by atomic mass is 10.2. The van der Waals surface area contributed by atoms with E-state index in [2.05, 4.69) is 10.4 Å². The van der Waals surface area contributed by atoms with Crippen LogP contribution in [0.2, 0.25) is 10.0 Å². The smallest absolute Gasteiger partial charge is 0.337 e. The molecular weight excluding hydrogens is 395 g/mol. The fourth-order valence-electron chi connectivity index (χ4n) is 2.70. The van der Waals surface area contributed by atoms with E-state index >= 15 is 0 Å². The van der Waals surface area contributed by atoms with E-state index in [1.54, 1.807) is 24.4 Å². The standard InChI is InChI=1S/C17H16Cl2N4O4/c1-27-17(26)12-9-22(4-5-24)16(25)15(12)21-11-2-3-14(13(19)6-11)23-8-10(18)7-20-23/h2-3,6-8,21,24H,4-5,9H2,1H3. The summed E-state index contributed by atoms with van der Waals surface area (Å²) in [6.45, 7) is -0.0311. The molecule has 0 unspecified atom stereocenters. The Morgan fingerprint density at radius 2 is 2.19 bits per heavy atom. The van der Waals surface area contributed by atoms with Gasteiger partial charge in [-0.2, -0.15) is 5.10 Å². The van der Waals surface area contributed by atoms with Gasteiger partial charge in [-0.05, 0) is 18.2 Å². The van der Waals surface area contributed by atoms with Crippen LogP contribution in [0.4, 0.5) is 5.69 Å². The van der Waals surface area contributed by atoms with Crippen molar-refractivity contribution in [2.45, 2.75) is 0 Å². The third-order valence-electron chi connectivity index (χ3n) is 3.97. The van der Waals surface area contributed by atoms with Crippen LogP contribution in [0.1, 0.15) is 0 Å². The minimum absolute atomic E-state index is 0.0615. The van der Waals surface area contributed by atoms with Crippen LogP contribution in [0.5, 0.6) is 0 Å². The molecule has 2 aromatic rings. The minimum Gasteiger partial charge on any atom is -0.466 e. The number of rotatable bonds is 6. The maximum Gasteiger partial charge on any atom is 0.337 e. The zero-order valence-corrected chi connectivity index (χ0v) is 15.8. The van der Waals surface area contributed by atoms with Crippen molar-refractivity contribution in [3.8, 4) is 5.69 Å². The minimum atomic E-state index is -0.611. The van der Waals surface area contributed by atoms with Gasteiger partial charge in [0.15, 0.2) is 0 Å². The van der Waals surface area contributed by atoms with Gasteiger partial charge in [-0.15, -0.1) is 0 Å². The number of hydrogen-bond acceptors (Lipinski definition) is 6. The van der Waals surface area contributed by atoms with E-state index in [4.69, 9.17) is 33.0 Å². The van der Waals surface area contributed by atoms with Gasteiger partial charge in [0.1, 0.15) is 5.70 Å². The molecule has 0 spiro atoms. The molecular formula is C17H16Cl2N4O4. The zero-order chi connectivity index (χ0) is 19.6. The highest BCUT2D eigenvalue weighted by Crippen LogP contribution is 2.28. The summed E-state index contributed by atoms with van der Waals surface area (Å²) in [6.07, 6.45) is 3.10. The SMILES string of the molecule is COC(=O)C1=C(Nc2ccc(-n3cc(Cl)cn3)c(Cl)c2)C(=O)N(CCO)C1. The quantitative estimate of drug-likeness (QED) is 0.705. The fourth-order valence-corrected chi connectivity index (χ4v) is 3.10. The maximum absolute atomic E-state index is 12.5. The Morgan fingerprint density at radius 3 is 2.78 bits per heavy atom. The summed E-state index contributed by atoms with van der Waals surface area (Å²) in [5.74, 6) is -1.01. The number of aromatic nitrogens is 2. The molecule has 1 aliphatic heterocycles. The van der Waals surface area contributed by atoms with E-state index in [9.17, 15) is 9.59 Å². The van der Waals surface area contributed by atoms with Gasteiger partial charge in [0, 0.05) is 18.4 Å². The number of aliphatic hydroxyl groups excluding tert-OH is 1. The normalized spacial score (nSPS) is 14.1. The number of halogens is 2. The Bertz CT molecular complexity index is 925. The second kappa shape index (κ2) is 7.99. The van der Waals surface area contributed by atoms with Crippen LogP contribution in [-0.2, 0) is 14.3 Å². The van der Waals surface area contributed by atoms with Gasteiger partial charge in [0.2, 0.25) is 0 Å². The van der Waals surface area contributed by atoms with Gasteiger partial charge in [-0.3, -0.25) is 4.79 Å². The lowest BCUT2D eigenvalue weighted by Crippen LogP contribution is -2.31. The number of esters is 1. The summed E-state index contributed by atoms with van der Waals surface area (Å²) < 4.78 is 6.28. The molecule has 10 heteroatoms. The maximum atomic E-state index is 12.5. The second-order valence-corrected chi connectivity index (χ2v) is 6.53. The van der Waals surface area contributed by atoms with Crippen LogP contribution in [0.3, 0.4) is 0 Å². The van der Waals surface area contributed by atoms with Crippen molar-refractivity contribution < 1.29 is 19.4 Å². The number of ether oxygens (including phenoxy) is 1. The molecule has 1 aromatic carbocycles. The number of β-amino-alcohol motifs (C(OH)–C–C–N with tert-alkyl or cyclic N) is 1. The number of nitrogens with one attached hydrogen (secondary N) is 1. The molecule has 27 heavy (non-hydrogen) atoms. The van der Waals surface area contributed by atoms with Gasteiger partial charge in [0.05, 0.1) is 47.8 Å². The molecule has 0 fully saturated rings. The average molecular weight is 411 g/mol. The number of amides is 1. The molecule has 142 valence electrons. The number of hydrogen-bond donors (Lipinski definition) is 2. The van der Waals surface area contributed by atoms with Gasteiger partial charge in [-0.1, -0.05) is 23.2 Å². The van der Waals surface area contributed by atoms with Crippen LogP contribution in [0.25, 0.3) is 5.69 Å². The molecule has 1 amide bonds. The Hall–Kier alpha value is -2.55. The summed E-state index contributed by atoms with van der Waals surface area (Å²) in [5.41, 5.74) is 1.41. The predicted octanol–water partition coefficient (Wildman–Crippen LogP) is 1.85. The Morgan fingerprint density at radius 1 is 1.41 bits per heavy atom. The topological polar surface area (TPSA) is 96.7 Å². The lowest BCUT2D eigenvalue weighted by Gasteiger charge is -2.15. The molecule has 2 heterocycles. The first-order chi connectivity index (χ1) is 12.9. The molecule has 0 atom stereocenters. The van der Waals surface area contributed by atoms with Crippen LogP contribution >= 0.6 is 23.2 Å². The van der Waals surface area contributed by atoms with Crippen molar-refractivity contribution in [2.75, 3.05) is 32.1 Å². The molecule has 3 rings (SSSR count). The molecule has 0 aliphatic carbocycles. The van der Waals surface area contributed by atoms with Crippen LogP contribution in [-0.4, -0.2) is 58.5 Å². The number of carbonyl (C=O) groups is 2. The molecule has 0 radical (unpaired) electrons. The van der Waals surface area contributed by atoms with Gasteiger partial charge < -0.3 is 20.1 Å². The first-order valence-corrected chi connectivity index (χ1v) is 8.69. The number of carbonyl (C=O) groups excluding carboxylic acids is 2. The third-order valence-corrected chi connectivity index (χ3v) is 4.47. The van der Waals surface area contributed by atoms with Crippen LogP contribution in [0.15, 0.2) is 41.9 Å². The average Bonchev–Trinajstić information content (AvgIpc) is 3.20. The lowest BCUT2D eigenvalue weighted by molar-refractivity contribution is -0.136. The Balaban J connectivity index is 1.89. The summed E-state index contributed by atoms with van der Waals surface area (Å²) in [7, 11) is 1.24. The summed E-state index contributed by atoms with van der Waals surface area (Å²) >= 11 is 12.2. The van der Waals surface area contributed by atoms with Crippen molar-refractivity contribution in [1.82, 2.24) is 14.7 Å². The fraction of sp³-hybridized carbons (Fsp3) is 0.235. The number of methoxy groups -OCH3 is 1. The van der Waals surface area contributed by atoms with Crippen molar-refractivity contribution in [1.29, 1.82) is 0 Å². The summed E-state index contributed by atoms with van der Waals surface area (Å²) in [5, 5.41) is 17.0. The summed E-state index contributed by atoms with van der Waals surface area (Å²) in [6, 6.07) is 5.01. The molecule has 1 aliphatic rings. The third kappa shape index (κ3) is 3.92. The number of benzene rings is 1. The molecule has 2 N–H and O–H groups in total.